The number of aryl methyl sites for hydroxylation is 1. The minimum Gasteiger partial charge on any atom is -0.497 e. The van der Waals surface area contributed by atoms with Gasteiger partial charge in [-0.05, 0) is 54.4 Å². The molecule has 0 N–H and O–H groups in total. The molecule has 6 heteroatoms. The summed E-state index contributed by atoms with van der Waals surface area (Å²) in [5.74, 6) is 2.91. The van der Waals surface area contributed by atoms with Crippen molar-refractivity contribution in [3.05, 3.63) is 87.8 Å². The molecule has 2 heterocycles. The second kappa shape index (κ2) is 8.64. The fraction of sp³-hybridized carbons (Fsp3) is 0.222. The lowest BCUT2D eigenvalue weighted by molar-refractivity contribution is 0.0890. The molecule has 0 fully saturated rings. The molecule has 0 saturated heterocycles. The number of nitrogens with zero attached hydrogens (tertiary/aromatic N) is 1. The van der Waals surface area contributed by atoms with Gasteiger partial charge in [-0.15, -0.1) is 0 Å². The van der Waals surface area contributed by atoms with E-state index in [4.69, 9.17) is 18.6 Å². The van der Waals surface area contributed by atoms with Gasteiger partial charge in [0.15, 0.2) is 0 Å². The van der Waals surface area contributed by atoms with Crippen molar-refractivity contribution in [3.8, 4) is 28.4 Å². The van der Waals surface area contributed by atoms with E-state index in [1.807, 2.05) is 61.5 Å². The fourth-order valence-electron chi connectivity index (χ4n) is 4.30. The van der Waals surface area contributed by atoms with Crippen molar-refractivity contribution in [2.45, 2.75) is 20.0 Å². The highest BCUT2D eigenvalue weighted by Crippen LogP contribution is 2.34. The second-order valence-electron chi connectivity index (χ2n) is 8.12. The Hall–Kier alpha value is -3.77. The van der Waals surface area contributed by atoms with Crippen molar-refractivity contribution in [2.75, 3.05) is 21.0 Å². The summed E-state index contributed by atoms with van der Waals surface area (Å²) < 4.78 is 22.7. The molecule has 3 aromatic carbocycles. The molecule has 168 valence electrons. The molecule has 0 atom stereocenters. The van der Waals surface area contributed by atoms with E-state index in [2.05, 4.69) is 4.90 Å². The average molecular weight is 443 g/mol. The summed E-state index contributed by atoms with van der Waals surface area (Å²) in [6, 6.07) is 19.1. The van der Waals surface area contributed by atoms with Crippen molar-refractivity contribution >= 4 is 11.0 Å². The molecule has 0 bridgehead atoms. The molecule has 0 spiro atoms. The van der Waals surface area contributed by atoms with Crippen molar-refractivity contribution in [1.82, 2.24) is 4.90 Å². The Bertz CT molecular complexity index is 1360. The number of ether oxygens (including phenoxy) is 3. The summed E-state index contributed by atoms with van der Waals surface area (Å²) in [4.78, 5) is 15.6. The van der Waals surface area contributed by atoms with Gasteiger partial charge in [-0.25, -0.2) is 0 Å². The summed E-state index contributed by atoms with van der Waals surface area (Å²) >= 11 is 0. The van der Waals surface area contributed by atoms with Crippen molar-refractivity contribution in [1.29, 1.82) is 0 Å². The maximum absolute atomic E-state index is 13.5. The van der Waals surface area contributed by atoms with Crippen LogP contribution in [0.25, 0.3) is 22.1 Å². The fourth-order valence-corrected chi connectivity index (χ4v) is 4.30. The minimum absolute atomic E-state index is 0.0472. The van der Waals surface area contributed by atoms with E-state index in [-0.39, 0.29) is 5.43 Å². The van der Waals surface area contributed by atoms with E-state index >= 15 is 0 Å². The van der Waals surface area contributed by atoms with E-state index in [0.717, 1.165) is 33.9 Å². The molecular weight excluding hydrogens is 418 g/mol. The largest absolute Gasteiger partial charge is 0.497 e. The molecule has 0 aliphatic carbocycles. The number of hydrogen-bond acceptors (Lipinski definition) is 6. The molecule has 1 aromatic heterocycles. The Balaban J connectivity index is 1.50. The SMILES string of the molecule is COc1ccc(CN2COc3ccc4c(=O)c(-c5ccc(OC)cc5)c(C)oc4c3C2)cc1. The zero-order chi connectivity index (χ0) is 22.9. The van der Waals surface area contributed by atoms with Gasteiger partial charge in [-0.2, -0.15) is 0 Å². The third-order valence-corrected chi connectivity index (χ3v) is 6.02. The molecule has 1 aliphatic heterocycles. The number of hydrogen-bond donors (Lipinski definition) is 0. The van der Waals surface area contributed by atoms with Crippen LogP contribution in [0, 0.1) is 6.92 Å². The third kappa shape index (κ3) is 3.94. The summed E-state index contributed by atoms with van der Waals surface area (Å²) in [5, 5.41) is 0.556. The molecule has 1 aliphatic rings. The number of methoxy groups -OCH3 is 2. The summed E-state index contributed by atoms with van der Waals surface area (Å²) in [5.41, 5.74) is 3.97. The lowest BCUT2D eigenvalue weighted by Gasteiger charge is -2.29. The van der Waals surface area contributed by atoms with Gasteiger partial charge < -0.3 is 18.6 Å². The first kappa shape index (κ1) is 21.1. The van der Waals surface area contributed by atoms with Crippen LogP contribution < -0.4 is 19.6 Å². The Morgan fingerprint density at radius 1 is 0.909 bits per heavy atom. The van der Waals surface area contributed by atoms with Crippen LogP contribution in [0.1, 0.15) is 16.9 Å². The zero-order valence-corrected chi connectivity index (χ0v) is 18.9. The monoisotopic (exact) mass is 443 g/mol. The first-order chi connectivity index (χ1) is 16.1. The molecule has 0 saturated carbocycles. The molecule has 6 nitrogen and oxygen atoms in total. The van der Waals surface area contributed by atoms with Crippen LogP contribution in [0.5, 0.6) is 17.2 Å². The lowest BCUT2D eigenvalue weighted by Crippen LogP contribution is -2.31. The Labute approximate surface area is 191 Å². The smallest absolute Gasteiger partial charge is 0.200 e. The molecule has 5 rings (SSSR count). The Kier molecular flexibility index (Phi) is 5.52. The van der Waals surface area contributed by atoms with Gasteiger partial charge in [-0.1, -0.05) is 24.3 Å². The highest BCUT2D eigenvalue weighted by atomic mass is 16.5. The van der Waals surface area contributed by atoms with Gasteiger partial charge in [-0.3, -0.25) is 9.69 Å². The van der Waals surface area contributed by atoms with E-state index < -0.39 is 0 Å². The number of fused-ring (bicyclic) bond motifs is 3. The molecule has 33 heavy (non-hydrogen) atoms. The third-order valence-electron chi connectivity index (χ3n) is 6.02. The summed E-state index contributed by atoms with van der Waals surface area (Å²) in [6.07, 6.45) is 0. The number of rotatable bonds is 5. The van der Waals surface area contributed by atoms with Gasteiger partial charge in [0.05, 0.1) is 30.7 Å². The molecule has 0 amide bonds. The van der Waals surface area contributed by atoms with E-state index in [9.17, 15) is 4.79 Å². The molecule has 0 unspecified atom stereocenters. The molecular formula is C27H25NO5. The summed E-state index contributed by atoms with van der Waals surface area (Å²) in [7, 11) is 3.28. The summed E-state index contributed by atoms with van der Waals surface area (Å²) in [6.45, 7) is 3.65. The van der Waals surface area contributed by atoms with E-state index in [1.165, 1.54) is 0 Å². The Morgan fingerprint density at radius 3 is 2.24 bits per heavy atom. The maximum atomic E-state index is 13.5. The first-order valence-corrected chi connectivity index (χ1v) is 10.8. The van der Waals surface area contributed by atoms with Crippen LogP contribution in [0.15, 0.2) is 69.9 Å². The van der Waals surface area contributed by atoms with E-state index in [0.29, 0.717) is 42.1 Å². The predicted octanol–water partition coefficient (Wildman–Crippen LogP) is 5.14. The maximum Gasteiger partial charge on any atom is 0.200 e. The lowest BCUT2D eigenvalue weighted by atomic mass is 10.0. The van der Waals surface area contributed by atoms with Crippen LogP contribution in [0.4, 0.5) is 0 Å². The van der Waals surface area contributed by atoms with Gasteiger partial charge in [0.25, 0.3) is 0 Å². The van der Waals surface area contributed by atoms with Crippen molar-refractivity contribution in [2.24, 2.45) is 0 Å². The van der Waals surface area contributed by atoms with E-state index in [1.54, 1.807) is 20.3 Å². The van der Waals surface area contributed by atoms with Gasteiger partial charge in [0, 0.05) is 13.1 Å². The van der Waals surface area contributed by atoms with Crippen molar-refractivity contribution in [3.63, 3.8) is 0 Å². The second-order valence-corrected chi connectivity index (χ2v) is 8.12. The Morgan fingerprint density at radius 2 is 1.58 bits per heavy atom. The predicted molar refractivity (Wildman–Crippen MR) is 127 cm³/mol. The highest BCUT2D eigenvalue weighted by Gasteiger charge is 2.24. The molecule has 0 radical (unpaired) electrons. The standard InChI is InChI=1S/C27H25NO5/c1-17-25(19-6-10-21(31-3)11-7-19)26(29)22-12-13-24-23(27(22)33-17)15-28(16-32-24)14-18-4-8-20(30-2)9-5-18/h4-13H,14-16H2,1-3H3. The van der Waals surface area contributed by atoms with Crippen LogP contribution in [0.3, 0.4) is 0 Å². The van der Waals surface area contributed by atoms with Gasteiger partial charge in [0.1, 0.15) is 35.3 Å². The first-order valence-electron chi connectivity index (χ1n) is 10.8. The topological polar surface area (TPSA) is 61.1 Å². The van der Waals surface area contributed by atoms with Crippen LogP contribution in [-0.2, 0) is 13.1 Å². The quantitative estimate of drug-likeness (QED) is 0.426. The molecule has 4 aromatic rings. The van der Waals surface area contributed by atoms with Crippen LogP contribution >= 0.6 is 0 Å². The zero-order valence-electron chi connectivity index (χ0n) is 18.9. The van der Waals surface area contributed by atoms with Crippen LogP contribution in [0.2, 0.25) is 0 Å². The van der Waals surface area contributed by atoms with Crippen LogP contribution in [-0.4, -0.2) is 25.9 Å². The average Bonchev–Trinajstić information content (AvgIpc) is 2.85. The minimum atomic E-state index is -0.0472. The normalized spacial score (nSPS) is 13.4. The van der Waals surface area contributed by atoms with Gasteiger partial charge in [0.2, 0.25) is 5.43 Å². The number of benzene rings is 3. The highest BCUT2D eigenvalue weighted by molar-refractivity contribution is 5.86. The van der Waals surface area contributed by atoms with Gasteiger partial charge >= 0.3 is 0 Å². The van der Waals surface area contributed by atoms with Crippen molar-refractivity contribution < 1.29 is 18.6 Å².